The van der Waals surface area contributed by atoms with Gasteiger partial charge in [-0.1, -0.05) is 30.3 Å². The summed E-state index contributed by atoms with van der Waals surface area (Å²) >= 11 is 1.24. The van der Waals surface area contributed by atoms with Crippen LogP contribution in [0.2, 0.25) is 0 Å². The number of hydrogen-bond acceptors (Lipinski definition) is 8. The molecule has 1 unspecified atom stereocenters. The van der Waals surface area contributed by atoms with Crippen molar-refractivity contribution in [2.45, 2.75) is 49.0 Å². The number of carboxylic acid groups (broad SMARTS) is 1. The molecule has 4 rings (SSSR count). The van der Waals surface area contributed by atoms with Gasteiger partial charge in [-0.2, -0.15) is 0 Å². The molecular formula is C23H26KN5O7S. The fourth-order valence-electron chi connectivity index (χ4n) is 4.68. The maximum absolute atomic E-state index is 13.3. The first-order valence-electron chi connectivity index (χ1n) is 11.5. The fourth-order valence-corrected chi connectivity index (χ4v) is 6.30. The first-order chi connectivity index (χ1) is 17.0. The fraction of sp³-hybridized carbons (Fsp3) is 0.478. The van der Waals surface area contributed by atoms with E-state index >= 15 is 0 Å². The van der Waals surface area contributed by atoms with Gasteiger partial charge in [-0.3, -0.25) is 24.1 Å². The number of nitrogens with zero attached hydrogens (tertiary/aromatic N) is 3. The molecule has 0 radical (unpaired) electrons. The molecule has 192 valence electrons. The Morgan fingerprint density at radius 3 is 2.35 bits per heavy atom. The van der Waals surface area contributed by atoms with E-state index in [9.17, 15) is 33.9 Å². The second-order valence-corrected chi connectivity index (χ2v) is 11.0. The number of benzene rings is 1. The minimum Gasteiger partial charge on any atom is -0.548 e. The average molecular weight is 556 g/mol. The van der Waals surface area contributed by atoms with Gasteiger partial charge in [-0.25, -0.2) is 4.79 Å². The van der Waals surface area contributed by atoms with Crippen LogP contribution < -0.4 is 67.1 Å². The second kappa shape index (κ2) is 11.4. The molecule has 3 heterocycles. The number of carbonyl (C=O) groups excluding carboxylic acids is 6. The molecule has 6 amide bonds. The molecule has 14 heteroatoms. The van der Waals surface area contributed by atoms with Crippen molar-refractivity contribution in [1.82, 2.24) is 25.3 Å². The molecule has 3 aliphatic heterocycles. The maximum atomic E-state index is 13.3. The second-order valence-electron chi connectivity index (χ2n) is 9.20. The minimum atomic E-state index is -1.37. The molecule has 3 saturated heterocycles. The van der Waals surface area contributed by atoms with Gasteiger partial charge in [0, 0.05) is 24.4 Å². The molecular weight excluding hydrogens is 529 g/mol. The number of likely N-dealkylation sites (N-methyl/N-ethyl adjacent to an activating group) is 1. The van der Waals surface area contributed by atoms with Crippen LogP contribution in [0.1, 0.15) is 32.4 Å². The van der Waals surface area contributed by atoms with Crippen molar-refractivity contribution in [3.63, 3.8) is 0 Å². The van der Waals surface area contributed by atoms with E-state index in [1.165, 1.54) is 21.6 Å². The molecule has 0 bridgehead atoms. The first-order valence-corrected chi connectivity index (χ1v) is 12.3. The Balaban J connectivity index is 0.00000380. The third-order valence-electron chi connectivity index (χ3n) is 6.56. The molecule has 0 saturated carbocycles. The van der Waals surface area contributed by atoms with E-state index in [0.717, 1.165) is 4.90 Å². The molecule has 0 spiro atoms. The zero-order valence-electron chi connectivity index (χ0n) is 20.9. The van der Waals surface area contributed by atoms with Gasteiger partial charge in [0.15, 0.2) is 0 Å². The van der Waals surface area contributed by atoms with E-state index in [4.69, 9.17) is 0 Å². The molecule has 12 nitrogen and oxygen atoms in total. The van der Waals surface area contributed by atoms with Crippen molar-refractivity contribution in [2.75, 3.05) is 19.6 Å². The zero-order valence-corrected chi connectivity index (χ0v) is 24.9. The predicted octanol–water partition coefficient (Wildman–Crippen LogP) is -4.57. The van der Waals surface area contributed by atoms with Gasteiger partial charge in [-0.05, 0) is 26.3 Å². The van der Waals surface area contributed by atoms with Crippen molar-refractivity contribution in [3.05, 3.63) is 35.9 Å². The van der Waals surface area contributed by atoms with Gasteiger partial charge in [-0.15, -0.1) is 11.8 Å². The molecule has 1 aromatic rings. The number of thioether (sulfide) groups is 1. The average Bonchev–Trinajstić information content (AvgIpc) is 3.10. The maximum Gasteiger partial charge on any atom is 1.00 e. The van der Waals surface area contributed by atoms with E-state index in [0.29, 0.717) is 12.1 Å². The smallest absolute Gasteiger partial charge is 0.548 e. The van der Waals surface area contributed by atoms with Crippen LogP contribution in [-0.2, 0) is 24.0 Å². The summed E-state index contributed by atoms with van der Waals surface area (Å²) in [6, 6.07) is 3.92. The topological polar surface area (TPSA) is 159 Å². The van der Waals surface area contributed by atoms with Crippen LogP contribution in [-0.4, -0.2) is 92.2 Å². The predicted molar refractivity (Wildman–Crippen MR) is 125 cm³/mol. The van der Waals surface area contributed by atoms with Gasteiger partial charge in [0.25, 0.3) is 0 Å². The summed E-state index contributed by atoms with van der Waals surface area (Å²) in [7, 11) is 0. The summed E-state index contributed by atoms with van der Waals surface area (Å²) in [6.07, 6.45) is 0. The number of nitrogens with one attached hydrogen (secondary N) is 2. The normalized spacial score (nSPS) is 25.0. The Morgan fingerprint density at radius 2 is 1.76 bits per heavy atom. The minimum absolute atomic E-state index is 0. The molecule has 1 aromatic carbocycles. The molecule has 37 heavy (non-hydrogen) atoms. The van der Waals surface area contributed by atoms with E-state index in [1.54, 1.807) is 51.1 Å². The largest absolute Gasteiger partial charge is 1.00 e. The summed E-state index contributed by atoms with van der Waals surface area (Å²) in [5, 5.41) is 16.1. The Labute approximate surface area is 260 Å². The summed E-state index contributed by atoms with van der Waals surface area (Å²) in [4.78, 5) is 78.6. The third kappa shape index (κ3) is 5.45. The van der Waals surface area contributed by atoms with Crippen molar-refractivity contribution >= 4 is 47.4 Å². The number of fused-ring (bicyclic) bond motifs is 1. The van der Waals surface area contributed by atoms with Crippen molar-refractivity contribution in [2.24, 2.45) is 0 Å². The van der Waals surface area contributed by atoms with E-state index in [1.807, 2.05) is 0 Å². The number of imide groups is 1. The quantitative estimate of drug-likeness (QED) is 0.202. The van der Waals surface area contributed by atoms with Crippen molar-refractivity contribution < 1.29 is 85.3 Å². The van der Waals surface area contributed by atoms with Gasteiger partial charge >= 0.3 is 69.2 Å². The van der Waals surface area contributed by atoms with E-state index in [-0.39, 0.29) is 64.5 Å². The van der Waals surface area contributed by atoms with Gasteiger partial charge < -0.3 is 30.3 Å². The van der Waals surface area contributed by atoms with Crippen LogP contribution in [0.3, 0.4) is 0 Å². The standard InChI is InChI=1S/C23H27N5O7S.K/c1-4-26-10-11-27(19(32)18(26)31)22(35)25-13(12-8-6-5-7-9-12)16(29)24-14-17(30)28-15(21(33)34)23(2,3)36-20(14)28;/h5-9,13-15,20H,4,10-11H2,1-3H3,(H,24,29)(H,25,35)(H,33,34);/q;+1/p-1/t13?,14-,15+,20-;/m1./s1. The van der Waals surface area contributed by atoms with Crippen molar-refractivity contribution in [1.29, 1.82) is 0 Å². The Morgan fingerprint density at radius 1 is 1.11 bits per heavy atom. The number of β-lactam (4-membered cyclic amide) rings is 1. The summed E-state index contributed by atoms with van der Waals surface area (Å²) < 4.78 is -0.820. The van der Waals surface area contributed by atoms with Crippen molar-refractivity contribution in [3.8, 4) is 0 Å². The molecule has 0 aliphatic carbocycles. The Hall–Kier alpha value is -1.97. The molecule has 4 atom stereocenters. The van der Waals surface area contributed by atoms with Crippen LogP contribution >= 0.6 is 11.8 Å². The van der Waals surface area contributed by atoms with E-state index in [2.05, 4.69) is 10.6 Å². The monoisotopic (exact) mass is 555 g/mol. The summed E-state index contributed by atoms with van der Waals surface area (Å²) in [5.41, 5.74) is 0.393. The number of carboxylic acids is 1. The van der Waals surface area contributed by atoms with Gasteiger partial charge in [0.05, 0.1) is 12.0 Å². The van der Waals surface area contributed by atoms with Crippen LogP contribution in [0.4, 0.5) is 4.79 Å². The molecule has 3 fully saturated rings. The van der Waals surface area contributed by atoms with Crippen LogP contribution in [0.5, 0.6) is 0 Å². The van der Waals surface area contributed by atoms with Gasteiger partial charge in [0.1, 0.15) is 17.5 Å². The van der Waals surface area contributed by atoms with Crippen LogP contribution in [0.15, 0.2) is 30.3 Å². The Kier molecular flexibility index (Phi) is 9.12. The first kappa shape index (κ1) is 29.6. The number of hydrogen-bond donors (Lipinski definition) is 2. The molecule has 3 aliphatic rings. The number of amides is 6. The molecule has 0 aromatic heterocycles. The summed E-state index contributed by atoms with van der Waals surface area (Å²) in [6.45, 7) is 5.58. The summed E-state index contributed by atoms with van der Waals surface area (Å²) in [5.74, 6) is -4.44. The number of piperazine rings is 1. The Bertz CT molecular complexity index is 1130. The number of aliphatic carboxylic acids is 1. The third-order valence-corrected chi connectivity index (χ3v) is 8.13. The zero-order chi connectivity index (χ0) is 26.4. The number of rotatable bonds is 6. The van der Waals surface area contributed by atoms with Crippen LogP contribution in [0.25, 0.3) is 0 Å². The number of carbonyl (C=O) groups is 6. The SMILES string of the molecule is CCN1CCN(C(=O)NC(C(=O)N[C@@H]2C(=O)N3[C@@H]2SC(C)(C)[C@@H]3C(=O)[O-])c2ccccc2)C(=O)C1=O.[K+]. The van der Waals surface area contributed by atoms with Gasteiger partial charge in [0.2, 0.25) is 11.8 Å². The molecule has 2 N–H and O–H groups in total. The van der Waals surface area contributed by atoms with Crippen LogP contribution in [0, 0.1) is 0 Å². The number of urea groups is 1. The van der Waals surface area contributed by atoms with E-state index < -0.39 is 63.9 Å².